The van der Waals surface area contributed by atoms with Crippen molar-refractivity contribution in [1.29, 1.82) is 0 Å². The SMILES string of the molecule is COc1cc2c(=O)n(CCCO)ccc2c(OC)c1OC. The van der Waals surface area contributed by atoms with E-state index in [0.717, 1.165) is 0 Å². The lowest BCUT2D eigenvalue weighted by Crippen LogP contribution is -2.20. The number of aromatic nitrogens is 1. The van der Waals surface area contributed by atoms with Gasteiger partial charge >= 0.3 is 0 Å². The first kappa shape index (κ1) is 15.2. The number of rotatable bonds is 6. The fourth-order valence-electron chi connectivity index (χ4n) is 2.32. The van der Waals surface area contributed by atoms with Crippen LogP contribution in [0.1, 0.15) is 6.42 Å². The van der Waals surface area contributed by atoms with Crippen molar-refractivity contribution in [2.75, 3.05) is 27.9 Å². The molecular formula is C15H19NO5. The lowest BCUT2D eigenvalue weighted by molar-refractivity contribution is 0.279. The molecule has 0 radical (unpaired) electrons. The molecule has 0 fully saturated rings. The average Bonchev–Trinajstić information content (AvgIpc) is 2.52. The molecule has 0 aliphatic rings. The van der Waals surface area contributed by atoms with Crippen LogP contribution in [0.3, 0.4) is 0 Å². The maximum atomic E-state index is 12.5. The number of methoxy groups -OCH3 is 3. The third-order valence-electron chi connectivity index (χ3n) is 3.34. The number of benzene rings is 1. The van der Waals surface area contributed by atoms with Gasteiger partial charge in [0.15, 0.2) is 11.5 Å². The summed E-state index contributed by atoms with van der Waals surface area (Å²) in [5.41, 5.74) is -0.153. The van der Waals surface area contributed by atoms with Crippen LogP contribution in [0.4, 0.5) is 0 Å². The lowest BCUT2D eigenvalue weighted by Gasteiger charge is -2.15. The second-order valence-electron chi connectivity index (χ2n) is 4.50. The van der Waals surface area contributed by atoms with E-state index in [2.05, 4.69) is 0 Å². The van der Waals surface area contributed by atoms with Crippen LogP contribution in [-0.4, -0.2) is 37.6 Å². The lowest BCUT2D eigenvalue weighted by atomic mass is 10.1. The highest BCUT2D eigenvalue weighted by molar-refractivity contribution is 5.92. The molecule has 2 rings (SSSR count). The second kappa shape index (κ2) is 6.49. The Morgan fingerprint density at radius 1 is 1.10 bits per heavy atom. The molecule has 1 aromatic carbocycles. The summed E-state index contributed by atoms with van der Waals surface area (Å²) < 4.78 is 17.5. The quantitative estimate of drug-likeness (QED) is 0.872. The summed E-state index contributed by atoms with van der Waals surface area (Å²) in [4.78, 5) is 12.5. The zero-order valence-electron chi connectivity index (χ0n) is 12.4. The highest BCUT2D eigenvalue weighted by Gasteiger charge is 2.18. The van der Waals surface area contributed by atoms with Crippen molar-refractivity contribution < 1.29 is 19.3 Å². The predicted molar refractivity (Wildman–Crippen MR) is 79.6 cm³/mol. The molecule has 0 atom stereocenters. The van der Waals surface area contributed by atoms with Crippen molar-refractivity contribution >= 4 is 10.8 Å². The minimum absolute atomic E-state index is 0.0414. The summed E-state index contributed by atoms with van der Waals surface area (Å²) in [6.07, 6.45) is 2.21. The normalized spacial score (nSPS) is 10.7. The van der Waals surface area contributed by atoms with E-state index in [4.69, 9.17) is 19.3 Å². The number of hydrogen-bond donors (Lipinski definition) is 1. The van der Waals surface area contributed by atoms with Gasteiger partial charge in [-0.15, -0.1) is 0 Å². The topological polar surface area (TPSA) is 69.9 Å². The highest BCUT2D eigenvalue weighted by atomic mass is 16.5. The predicted octanol–water partition coefficient (Wildman–Crippen LogP) is 1.41. The van der Waals surface area contributed by atoms with Gasteiger partial charge in [0.05, 0.1) is 26.7 Å². The van der Waals surface area contributed by atoms with Gasteiger partial charge in [0.1, 0.15) is 0 Å². The molecule has 6 heteroatoms. The summed E-state index contributed by atoms with van der Waals surface area (Å²) in [6.45, 7) is 0.502. The number of aliphatic hydroxyl groups is 1. The Morgan fingerprint density at radius 2 is 1.81 bits per heavy atom. The third kappa shape index (κ3) is 2.67. The van der Waals surface area contributed by atoms with Crippen LogP contribution in [0.2, 0.25) is 0 Å². The summed E-state index contributed by atoms with van der Waals surface area (Å²) in [6, 6.07) is 3.45. The molecule has 6 nitrogen and oxygen atoms in total. The van der Waals surface area contributed by atoms with Crippen LogP contribution in [-0.2, 0) is 6.54 Å². The fourth-order valence-corrected chi connectivity index (χ4v) is 2.32. The highest BCUT2D eigenvalue weighted by Crippen LogP contribution is 2.42. The van der Waals surface area contributed by atoms with Gasteiger partial charge in [0, 0.05) is 24.7 Å². The molecule has 0 saturated heterocycles. The van der Waals surface area contributed by atoms with Crippen LogP contribution in [0.5, 0.6) is 17.2 Å². The van der Waals surface area contributed by atoms with E-state index in [-0.39, 0.29) is 12.2 Å². The number of aliphatic hydroxyl groups excluding tert-OH is 1. The number of fused-ring (bicyclic) bond motifs is 1. The summed E-state index contributed by atoms with van der Waals surface area (Å²) in [5, 5.41) is 10.1. The van der Waals surface area contributed by atoms with Crippen LogP contribution in [0, 0.1) is 0 Å². The van der Waals surface area contributed by atoms with Gasteiger partial charge in [-0.05, 0) is 18.6 Å². The minimum atomic E-state index is -0.153. The molecule has 114 valence electrons. The van der Waals surface area contributed by atoms with E-state index in [1.807, 2.05) is 0 Å². The average molecular weight is 293 g/mol. The first-order valence-electron chi connectivity index (χ1n) is 6.60. The standard InChI is InChI=1S/C15H19NO5/c1-19-12-9-11-10(13(20-2)14(12)21-3)5-7-16(15(11)18)6-4-8-17/h5,7,9,17H,4,6,8H2,1-3H3. The van der Waals surface area contributed by atoms with Gasteiger partial charge in [-0.1, -0.05) is 0 Å². The molecule has 21 heavy (non-hydrogen) atoms. The molecule has 1 aromatic heterocycles. The Bertz CT molecular complexity index is 693. The molecule has 0 unspecified atom stereocenters. The van der Waals surface area contributed by atoms with Gasteiger partial charge in [0.2, 0.25) is 5.75 Å². The molecule has 1 heterocycles. The van der Waals surface area contributed by atoms with Gasteiger partial charge in [0.25, 0.3) is 5.56 Å². The first-order chi connectivity index (χ1) is 10.2. The second-order valence-corrected chi connectivity index (χ2v) is 4.50. The molecule has 0 aliphatic heterocycles. The Morgan fingerprint density at radius 3 is 2.38 bits per heavy atom. The van der Waals surface area contributed by atoms with Crippen molar-refractivity contribution in [1.82, 2.24) is 4.57 Å². The van der Waals surface area contributed by atoms with E-state index >= 15 is 0 Å². The van der Waals surface area contributed by atoms with Gasteiger partial charge in [-0.25, -0.2) is 0 Å². The zero-order valence-corrected chi connectivity index (χ0v) is 12.4. The molecule has 0 bridgehead atoms. The maximum Gasteiger partial charge on any atom is 0.258 e. The molecule has 0 aliphatic carbocycles. The molecular weight excluding hydrogens is 274 g/mol. The van der Waals surface area contributed by atoms with Gasteiger partial charge < -0.3 is 23.9 Å². The number of pyridine rings is 1. The number of hydrogen-bond acceptors (Lipinski definition) is 5. The summed E-state index contributed by atoms with van der Waals surface area (Å²) in [7, 11) is 4.55. The van der Waals surface area contributed by atoms with Crippen molar-refractivity contribution in [2.45, 2.75) is 13.0 Å². The van der Waals surface area contributed by atoms with Crippen molar-refractivity contribution in [3.63, 3.8) is 0 Å². The largest absolute Gasteiger partial charge is 0.493 e. The van der Waals surface area contributed by atoms with Crippen LogP contribution >= 0.6 is 0 Å². The van der Waals surface area contributed by atoms with E-state index < -0.39 is 0 Å². The van der Waals surface area contributed by atoms with Crippen molar-refractivity contribution in [3.05, 3.63) is 28.7 Å². The molecule has 2 aromatic rings. The number of ether oxygens (including phenoxy) is 3. The fraction of sp³-hybridized carbons (Fsp3) is 0.400. The van der Waals surface area contributed by atoms with Gasteiger partial charge in [-0.3, -0.25) is 4.79 Å². The molecule has 0 amide bonds. The zero-order chi connectivity index (χ0) is 15.4. The smallest absolute Gasteiger partial charge is 0.258 e. The van der Waals surface area contributed by atoms with Crippen LogP contribution in [0.15, 0.2) is 23.1 Å². The summed E-state index contributed by atoms with van der Waals surface area (Å²) >= 11 is 0. The van der Waals surface area contributed by atoms with Crippen molar-refractivity contribution in [3.8, 4) is 17.2 Å². The van der Waals surface area contributed by atoms with E-state index in [1.165, 1.54) is 21.3 Å². The third-order valence-corrected chi connectivity index (χ3v) is 3.34. The van der Waals surface area contributed by atoms with Gasteiger partial charge in [-0.2, -0.15) is 0 Å². The van der Waals surface area contributed by atoms with Crippen LogP contribution < -0.4 is 19.8 Å². The minimum Gasteiger partial charge on any atom is -0.493 e. The van der Waals surface area contributed by atoms with Crippen LogP contribution in [0.25, 0.3) is 10.8 Å². The van der Waals surface area contributed by atoms with Crippen molar-refractivity contribution in [2.24, 2.45) is 0 Å². The molecule has 1 N–H and O–H groups in total. The number of nitrogens with zero attached hydrogens (tertiary/aromatic N) is 1. The molecule has 0 spiro atoms. The Kier molecular flexibility index (Phi) is 4.70. The summed E-state index contributed by atoms with van der Waals surface area (Å²) in [5.74, 6) is 1.37. The van der Waals surface area contributed by atoms with E-state index in [1.54, 1.807) is 22.9 Å². The Balaban J connectivity index is 2.73. The Hall–Kier alpha value is -2.21. The van der Waals surface area contributed by atoms with E-state index in [0.29, 0.717) is 41.0 Å². The maximum absolute atomic E-state index is 12.5. The monoisotopic (exact) mass is 293 g/mol. The Labute approximate surface area is 122 Å². The first-order valence-corrected chi connectivity index (χ1v) is 6.60. The number of aryl methyl sites for hydroxylation is 1. The van der Waals surface area contributed by atoms with E-state index in [9.17, 15) is 4.79 Å². The molecule has 0 saturated carbocycles.